The summed E-state index contributed by atoms with van der Waals surface area (Å²) in [7, 11) is 1.67. The summed E-state index contributed by atoms with van der Waals surface area (Å²) in [5.74, 6) is 2.19. The largest absolute Gasteiger partial charge is 0.494 e. The van der Waals surface area contributed by atoms with Gasteiger partial charge in [-0.3, -0.25) is 0 Å². The second-order valence-electron chi connectivity index (χ2n) is 5.65. The van der Waals surface area contributed by atoms with Gasteiger partial charge in [-0.25, -0.2) is 4.98 Å². The molecule has 114 valence electrons. The van der Waals surface area contributed by atoms with Crippen LogP contribution in [0.4, 0.5) is 0 Å². The molecule has 1 aromatic heterocycles. The number of fused-ring (bicyclic) bond motifs is 1. The van der Waals surface area contributed by atoms with Crippen LogP contribution >= 0.6 is 11.6 Å². The van der Waals surface area contributed by atoms with Crippen LogP contribution in [0, 0.1) is 5.92 Å². The Bertz CT molecular complexity index is 638. The highest BCUT2D eigenvalue weighted by molar-refractivity contribution is 6.20. The summed E-state index contributed by atoms with van der Waals surface area (Å²) in [5, 5.41) is -0.139. The number of hydrogen-bond donors (Lipinski definition) is 0. The minimum atomic E-state index is -0.139. The molecule has 2 heterocycles. The molecule has 0 spiro atoms. The highest BCUT2D eigenvalue weighted by Crippen LogP contribution is 2.32. The number of benzene rings is 1. The van der Waals surface area contributed by atoms with Gasteiger partial charge in [-0.1, -0.05) is 6.07 Å². The second-order valence-corrected chi connectivity index (χ2v) is 6.30. The quantitative estimate of drug-likeness (QED) is 0.807. The first-order valence-electron chi connectivity index (χ1n) is 7.40. The van der Waals surface area contributed by atoms with Gasteiger partial charge in [0.1, 0.15) is 17.1 Å². The molecule has 1 aliphatic heterocycles. The van der Waals surface area contributed by atoms with Gasteiger partial charge in [-0.05, 0) is 32.4 Å². The predicted octanol–water partition coefficient (Wildman–Crippen LogP) is 3.77. The van der Waals surface area contributed by atoms with E-state index in [1.807, 2.05) is 19.1 Å². The molecule has 2 aromatic rings. The van der Waals surface area contributed by atoms with Crippen molar-refractivity contribution in [3.05, 3.63) is 24.0 Å². The molecule has 0 N–H and O–H groups in total. The first-order chi connectivity index (χ1) is 10.1. The van der Waals surface area contributed by atoms with Gasteiger partial charge < -0.3 is 14.0 Å². The van der Waals surface area contributed by atoms with Gasteiger partial charge in [0.05, 0.1) is 24.1 Å². The highest BCUT2D eigenvalue weighted by Gasteiger charge is 2.27. The monoisotopic (exact) mass is 308 g/mol. The number of imidazole rings is 1. The third-order valence-electron chi connectivity index (χ3n) is 4.30. The maximum atomic E-state index is 6.34. The fourth-order valence-corrected chi connectivity index (χ4v) is 3.22. The van der Waals surface area contributed by atoms with E-state index in [1.54, 1.807) is 7.11 Å². The number of aromatic nitrogens is 2. The van der Waals surface area contributed by atoms with Crippen molar-refractivity contribution in [1.82, 2.24) is 9.55 Å². The average Bonchev–Trinajstić information content (AvgIpc) is 3.04. The van der Waals surface area contributed by atoms with Crippen molar-refractivity contribution in [1.29, 1.82) is 0 Å². The maximum Gasteiger partial charge on any atom is 0.146 e. The van der Waals surface area contributed by atoms with E-state index < -0.39 is 0 Å². The summed E-state index contributed by atoms with van der Waals surface area (Å²) in [6.07, 6.45) is 1.37. The van der Waals surface area contributed by atoms with Gasteiger partial charge in [0.2, 0.25) is 0 Å². The third kappa shape index (κ3) is 2.62. The van der Waals surface area contributed by atoms with E-state index in [0.717, 1.165) is 42.2 Å². The lowest BCUT2D eigenvalue weighted by atomic mass is 10.0. The van der Waals surface area contributed by atoms with E-state index in [2.05, 4.69) is 17.6 Å². The van der Waals surface area contributed by atoms with E-state index in [9.17, 15) is 0 Å². The molecule has 0 aliphatic carbocycles. The Morgan fingerprint density at radius 3 is 2.95 bits per heavy atom. The Hall–Kier alpha value is -1.26. The Kier molecular flexibility index (Phi) is 4.09. The van der Waals surface area contributed by atoms with Crippen LogP contribution in [0.15, 0.2) is 18.2 Å². The number of rotatable bonds is 4. The molecule has 1 fully saturated rings. The Morgan fingerprint density at radius 1 is 1.52 bits per heavy atom. The molecule has 4 nitrogen and oxygen atoms in total. The van der Waals surface area contributed by atoms with Gasteiger partial charge in [-0.2, -0.15) is 0 Å². The second kappa shape index (κ2) is 5.85. The summed E-state index contributed by atoms with van der Waals surface area (Å²) in [6, 6.07) is 6.01. The number of hydrogen-bond acceptors (Lipinski definition) is 3. The molecule has 1 aromatic carbocycles. The lowest BCUT2D eigenvalue weighted by molar-refractivity contribution is 0.102. The first kappa shape index (κ1) is 14.7. The molecule has 0 radical (unpaired) electrons. The average molecular weight is 309 g/mol. The van der Waals surface area contributed by atoms with Crippen LogP contribution in [0.1, 0.15) is 31.5 Å². The molecule has 1 saturated heterocycles. The zero-order chi connectivity index (χ0) is 15.0. The first-order valence-corrected chi connectivity index (χ1v) is 7.84. The molecule has 5 heteroatoms. The maximum absolute atomic E-state index is 6.34. The topological polar surface area (TPSA) is 36.3 Å². The summed E-state index contributed by atoms with van der Waals surface area (Å²) < 4.78 is 13.3. The smallest absolute Gasteiger partial charge is 0.146 e. The van der Waals surface area contributed by atoms with Crippen molar-refractivity contribution in [2.45, 2.75) is 38.3 Å². The fourth-order valence-electron chi connectivity index (χ4n) is 3.05. The van der Waals surface area contributed by atoms with Crippen molar-refractivity contribution >= 4 is 22.6 Å². The van der Waals surface area contributed by atoms with E-state index in [1.165, 1.54) is 0 Å². The van der Waals surface area contributed by atoms with Crippen LogP contribution in [0.2, 0.25) is 0 Å². The van der Waals surface area contributed by atoms with E-state index in [-0.39, 0.29) is 11.5 Å². The molecule has 3 atom stereocenters. The Balaban J connectivity index is 2.08. The molecule has 0 bridgehead atoms. The fraction of sp³-hybridized carbons (Fsp3) is 0.562. The zero-order valence-corrected chi connectivity index (χ0v) is 13.4. The minimum absolute atomic E-state index is 0.139. The summed E-state index contributed by atoms with van der Waals surface area (Å²) in [6.45, 7) is 5.83. The number of alkyl halides is 1. The van der Waals surface area contributed by atoms with E-state index in [0.29, 0.717) is 5.92 Å². The number of methoxy groups -OCH3 is 1. The molecule has 3 unspecified atom stereocenters. The summed E-state index contributed by atoms with van der Waals surface area (Å²) in [5.41, 5.74) is 1.96. The highest BCUT2D eigenvalue weighted by atomic mass is 35.5. The van der Waals surface area contributed by atoms with Gasteiger partial charge in [-0.15, -0.1) is 11.6 Å². The molecular weight excluding hydrogens is 288 g/mol. The molecule has 1 aliphatic rings. The molecule has 0 amide bonds. The van der Waals surface area contributed by atoms with Crippen LogP contribution in [-0.2, 0) is 11.3 Å². The summed E-state index contributed by atoms with van der Waals surface area (Å²) >= 11 is 6.34. The van der Waals surface area contributed by atoms with Crippen LogP contribution in [-0.4, -0.2) is 29.4 Å². The number of ether oxygens (including phenoxy) is 2. The number of nitrogens with zero attached hydrogens (tertiary/aromatic N) is 2. The molecular formula is C16H21ClN2O2. The normalized spacial score (nSPS) is 23.6. The van der Waals surface area contributed by atoms with Crippen molar-refractivity contribution in [3.63, 3.8) is 0 Å². The van der Waals surface area contributed by atoms with Crippen LogP contribution in [0.5, 0.6) is 5.75 Å². The van der Waals surface area contributed by atoms with E-state index >= 15 is 0 Å². The van der Waals surface area contributed by atoms with Crippen LogP contribution < -0.4 is 4.74 Å². The zero-order valence-electron chi connectivity index (χ0n) is 12.7. The van der Waals surface area contributed by atoms with Gasteiger partial charge >= 0.3 is 0 Å². The SMILES string of the molecule is COc1cccc2c1nc(C(C)Cl)n2CC1CCOC1C. The molecule has 0 saturated carbocycles. The van der Waals surface area contributed by atoms with Crippen molar-refractivity contribution in [2.75, 3.05) is 13.7 Å². The van der Waals surface area contributed by atoms with Crippen LogP contribution in [0.3, 0.4) is 0 Å². The Morgan fingerprint density at radius 2 is 2.33 bits per heavy atom. The molecule has 21 heavy (non-hydrogen) atoms. The number of halogens is 1. The lowest BCUT2D eigenvalue weighted by Crippen LogP contribution is -2.19. The van der Waals surface area contributed by atoms with Gasteiger partial charge in [0.15, 0.2) is 0 Å². The Labute approximate surface area is 130 Å². The predicted molar refractivity (Wildman–Crippen MR) is 84.1 cm³/mol. The van der Waals surface area contributed by atoms with Crippen molar-refractivity contribution in [2.24, 2.45) is 5.92 Å². The van der Waals surface area contributed by atoms with Crippen molar-refractivity contribution < 1.29 is 9.47 Å². The standard InChI is InChI=1S/C16H21ClN2O2/c1-10(17)16-18-15-13(5-4-6-14(15)20-3)19(16)9-12-7-8-21-11(12)2/h4-6,10-12H,7-9H2,1-3H3. The lowest BCUT2D eigenvalue weighted by Gasteiger charge is -2.18. The molecule has 3 rings (SSSR count). The minimum Gasteiger partial charge on any atom is -0.494 e. The van der Waals surface area contributed by atoms with Gasteiger partial charge in [0, 0.05) is 19.1 Å². The van der Waals surface area contributed by atoms with Crippen LogP contribution in [0.25, 0.3) is 11.0 Å². The number of para-hydroxylation sites is 1. The van der Waals surface area contributed by atoms with Crippen molar-refractivity contribution in [3.8, 4) is 5.75 Å². The third-order valence-corrected chi connectivity index (χ3v) is 4.49. The summed E-state index contributed by atoms with van der Waals surface area (Å²) in [4.78, 5) is 4.72. The van der Waals surface area contributed by atoms with E-state index in [4.69, 9.17) is 26.1 Å². The van der Waals surface area contributed by atoms with Gasteiger partial charge in [0.25, 0.3) is 0 Å².